The molecule has 0 radical (unpaired) electrons. The van der Waals surface area contributed by atoms with Crippen LogP contribution in [0.25, 0.3) is 0 Å². The van der Waals surface area contributed by atoms with Crippen LogP contribution in [-0.2, 0) is 19.1 Å². The molecule has 5 heteroatoms. The number of hydrogen-bond acceptors (Lipinski definition) is 4. The fourth-order valence-corrected chi connectivity index (χ4v) is 2.01. The molecule has 1 aliphatic rings. The second-order valence-electron chi connectivity index (χ2n) is 4.33. The van der Waals surface area contributed by atoms with Crippen LogP contribution in [0.5, 0.6) is 0 Å². The van der Waals surface area contributed by atoms with E-state index >= 15 is 0 Å². The highest BCUT2D eigenvalue weighted by atomic mass is 16.6. The van der Waals surface area contributed by atoms with Gasteiger partial charge in [0.25, 0.3) is 0 Å². The van der Waals surface area contributed by atoms with E-state index in [-0.39, 0.29) is 25.6 Å². The predicted molar refractivity (Wildman–Crippen MR) is 60.6 cm³/mol. The number of ether oxygens (including phenoxy) is 2. The van der Waals surface area contributed by atoms with E-state index in [1.54, 1.807) is 13.8 Å². The van der Waals surface area contributed by atoms with Gasteiger partial charge in [-0.25, -0.2) is 0 Å². The minimum Gasteiger partial charge on any atom is -0.480 e. The summed E-state index contributed by atoms with van der Waals surface area (Å²) >= 11 is 0. The van der Waals surface area contributed by atoms with Gasteiger partial charge in [0.2, 0.25) is 0 Å². The fraction of sp³-hybridized carbons (Fsp3) is 0.833. The van der Waals surface area contributed by atoms with E-state index in [2.05, 4.69) is 0 Å². The fourth-order valence-electron chi connectivity index (χ4n) is 2.01. The summed E-state index contributed by atoms with van der Waals surface area (Å²) in [6.07, 6.45) is 2.24. The molecule has 0 aromatic heterocycles. The molecule has 0 amide bonds. The van der Waals surface area contributed by atoms with Crippen LogP contribution in [0.15, 0.2) is 0 Å². The minimum atomic E-state index is -1.40. The minimum absolute atomic E-state index is 0.0702. The number of hydrogen-bond donors (Lipinski definition) is 1. The lowest BCUT2D eigenvalue weighted by atomic mass is 9.82. The van der Waals surface area contributed by atoms with Crippen molar-refractivity contribution in [3.63, 3.8) is 0 Å². The molecular formula is C12H20O5. The summed E-state index contributed by atoms with van der Waals surface area (Å²) in [5.74, 6) is -1.76. The van der Waals surface area contributed by atoms with Crippen molar-refractivity contribution < 1.29 is 24.2 Å². The second kappa shape index (κ2) is 6.00. The highest BCUT2D eigenvalue weighted by Crippen LogP contribution is 2.29. The van der Waals surface area contributed by atoms with E-state index in [9.17, 15) is 9.59 Å². The van der Waals surface area contributed by atoms with E-state index in [0.29, 0.717) is 6.61 Å². The Bertz CT molecular complexity index is 277. The Morgan fingerprint density at radius 1 is 1.41 bits per heavy atom. The van der Waals surface area contributed by atoms with E-state index in [1.165, 1.54) is 0 Å². The van der Waals surface area contributed by atoms with E-state index in [1.807, 2.05) is 0 Å². The first-order valence-corrected chi connectivity index (χ1v) is 6.09. The lowest BCUT2D eigenvalue weighted by Crippen LogP contribution is -2.40. The van der Waals surface area contributed by atoms with Crippen LogP contribution in [-0.4, -0.2) is 36.4 Å². The van der Waals surface area contributed by atoms with Gasteiger partial charge in [0, 0.05) is 6.61 Å². The number of carbonyl (C=O) groups is 2. The largest absolute Gasteiger partial charge is 0.480 e. The molecule has 0 aromatic carbocycles. The predicted octanol–water partition coefficient (Wildman–Crippen LogP) is 1.60. The smallest absolute Gasteiger partial charge is 0.323 e. The second-order valence-corrected chi connectivity index (χ2v) is 4.33. The van der Waals surface area contributed by atoms with E-state index < -0.39 is 17.4 Å². The Kier molecular flexibility index (Phi) is 4.93. The molecular weight excluding hydrogens is 224 g/mol. The molecule has 0 aliphatic carbocycles. The highest BCUT2D eigenvalue weighted by Gasteiger charge is 2.44. The van der Waals surface area contributed by atoms with Gasteiger partial charge in [-0.2, -0.15) is 0 Å². The third kappa shape index (κ3) is 2.97. The van der Waals surface area contributed by atoms with Crippen molar-refractivity contribution in [3.05, 3.63) is 0 Å². The van der Waals surface area contributed by atoms with Crippen molar-refractivity contribution in [1.82, 2.24) is 0 Å². The summed E-state index contributed by atoms with van der Waals surface area (Å²) in [6.45, 7) is 4.22. The van der Waals surface area contributed by atoms with Crippen LogP contribution in [0, 0.1) is 5.41 Å². The molecule has 1 unspecified atom stereocenters. The molecule has 0 bridgehead atoms. The molecule has 1 atom stereocenters. The first-order chi connectivity index (χ1) is 8.06. The average Bonchev–Trinajstić information content (AvgIpc) is 2.81. The Labute approximate surface area is 101 Å². The number of carbonyl (C=O) groups excluding carboxylic acids is 1. The van der Waals surface area contributed by atoms with Gasteiger partial charge in [0.15, 0.2) is 5.41 Å². The van der Waals surface area contributed by atoms with Crippen LogP contribution >= 0.6 is 0 Å². The van der Waals surface area contributed by atoms with Crippen molar-refractivity contribution >= 4 is 11.9 Å². The molecule has 1 aliphatic heterocycles. The van der Waals surface area contributed by atoms with Gasteiger partial charge in [0.1, 0.15) is 6.61 Å². The molecule has 98 valence electrons. The summed E-state index contributed by atoms with van der Waals surface area (Å²) in [7, 11) is 0. The summed E-state index contributed by atoms with van der Waals surface area (Å²) in [4.78, 5) is 23.1. The number of carboxylic acid groups (broad SMARTS) is 1. The maximum absolute atomic E-state index is 11.9. The van der Waals surface area contributed by atoms with Gasteiger partial charge < -0.3 is 14.6 Å². The monoisotopic (exact) mass is 244 g/mol. The number of aliphatic carboxylic acids is 1. The zero-order valence-electron chi connectivity index (χ0n) is 10.4. The quantitative estimate of drug-likeness (QED) is 0.567. The zero-order valence-corrected chi connectivity index (χ0v) is 10.4. The molecule has 17 heavy (non-hydrogen) atoms. The van der Waals surface area contributed by atoms with Gasteiger partial charge in [-0.15, -0.1) is 0 Å². The van der Waals surface area contributed by atoms with Crippen molar-refractivity contribution in [2.75, 3.05) is 13.2 Å². The van der Waals surface area contributed by atoms with Gasteiger partial charge in [0.05, 0.1) is 6.10 Å². The summed E-state index contributed by atoms with van der Waals surface area (Å²) in [5.41, 5.74) is -1.40. The van der Waals surface area contributed by atoms with Gasteiger partial charge in [-0.05, 0) is 25.7 Å². The topological polar surface area (TPSA) is 72.8 Å². The molecule has 1 N–H and O–H groups in total. The average molecular weight is 244 g/mol. The Morgan fingerprint density at radius 3 is 2.47 bits per heavy atom. The van der Waals surface area contributed by atoms with Crippen LogP contribution in [0.4, 0.5) is 0 Å². The molecule has 1 saturated heterocycles. The molecule has 0 aromatic rings. The normalized spacial score (nSPS) is 20.2. The van der Waals surface area contributed by atoms with Crippen molar-refractivity contribution in [3.8, 4) is 0 Å². The maximum Gasteiger partial charge on any atom is 0.323 e. The van der Waals surface area contributed by atoms with Crippen molar-refractivity contribution in [1.29, 1.82) is 0 Å². The first-order valence-electron chi connectivity index (χ1n) is 6.09. The third-order valence-corrected chi connectivity index (χ3v) is 3.43. The van der Waals surface area contributed by atoms with Crippen LogP contribution in [0.1, 0.15) is 39.5 Å². The number of rotatable bonds is 6. The summed E-state index contributed by atoms with van der Waals surface area (Å²) < 4.78 is 10.4. The Hall–Kier alpha value is -1.10. The van der Waals surface area contributed by atoms with Gasteiger partial charge in [-0.3, -0.25) is 9.59 Å². The van der Waals surface area contributed by atoms with Crippen molar-refractivity contribution in [2.24, 2.45) is 5.41 Å². The first kappa shape index (κ1) is 14.0. The van der Waals surface area contributed by atoms with E-state index in [4.69, 9.17) is 14.6 Å². The molecule has 1 fully saturated rings. The lowest BCUT2D eigenvalue weighted by Gasteiger charge is -2.24. The van der Waals surface area contributed by atoms with Gasteiger partial charge in [-0.1, -0.05) is 13.8 Å². The number of esters is 1. The molecule has 1 rings (SSSR count). The third-order valence-electron chi connectivity index (χ3n) is 3.43. The number of carboxylic acids is 1. The van der Waals surface area contributed by atoms with Crippen molar-refractivity contribution in [2.45, 2.75) is 45.6 Å². The van der Waals surface area contributed by atoms with Crippen LogP contribution in [0.3, 0.4) is 0 Å². The SMILES string of the molecule is CCC(CC)(C(=O)O)C(=O)OCC1CCCO1. The zero-order chi connectivity index (χ0) is 12.9. The molecule has 0 saturated carbocycles. The van der Waals surface area contributed by atoms with Crippen LogP contribution < -0.4 is 0 Å². The highest BCUT2D eigenvalue weighted by molar-refractivity contribution is 5.99. The summed E-state index contributed by atoms with van der Waals surface area (Å²) in [5, 5.41) is 9.15. The Balaban J connectivity index is 2.56. The molecule has 5 nitrogen and oxygen atoms in total. The molecule has 0 spiro atoms. The maximum atomic E-state index is 11.9. The van der Waals surface area contributed by atoms with Crippen LogP contribution in [0.2, 0.25) is 0 Å². The van der Waals surface area contributed by atoms with E-state index in [0.717, 1.165) is 12.8 Å². The Morgan fingerprint density at radius 2 is 2.06 bits per heavy atom. The lowest BCUT2D eigenvalue weighted by molar-refractivity contribution is -0.171. The molecule has 1 heterocycles. The standard InChI is InChI=1S/C12H20O5/c1-3-12(4-2,10(13)14)11(15)17-8-9-6-5-7-16-9/h9H,3-8H2,1-2H3,(H,13,14). The summed E-state index contributed by atoms with van der Waals surface area (Å²) in [6, 6.07) is 0. The van der Waals surface area contributed by atoms with Gasteiger partial charge >= 0.3 is 11.9 Å².